The van der Waals surface area contributed by atoms with Gasteiger partial charge < -0.3 is 10.2 Å². The molecule has 4 rings (SSSR count). The lowest BCUT2D eigenvalue weighted by atomic mass is 10.1. The average molecular weight is 394 g/mol. The highest BCUT2D eigenvalue weighted by molar-refractivity contribution is 5.50. The summed E-state index contributed by atoms with van der Waals surface area (Å²) in [6.07, 6.45) is 6.61. The van der Waals surface area contributed by atoms with Crippen LogP contribution >= 0.6 is 0 Å². The smallest absolute Gasteiger partial charge is 0.227 e. The summed E-state index contributed by atoms with van der Waals surface area (Å²) in [6, 6.07) is 10.8. The van der Waals surface area contributed by atoms with Crippen LogP contribution in [0.4, 0.5) is 11.6 Å². The topological polar surface area (TPSA) is 61.6 Å². The van der Waals surface area contributed by atoms with Gasteiger partial charge in [-0.25, -0.2) is 4.98 Å². The molecule has 1 aliphatic heterocycles. The molecule has 3 heterocycles. The van der Waals surface area contributed by atoms with Crippen molar-refractivity contribution >= 4 is 17.3 Å². The van der Waals surface area contributed by atoms with Crippen molar-refractivity contribution in [2.45, 2.75) is 32.6 Å². The second kappa shape index (κ2) is 9.22. The Balaban J connectivity index is 1.19. The van der Waals surface area contributed by atoms with E-state index >= 15 is 0 Å². The molecule has 0 spiro atoms. The number of fused-ring (bicyclic) bond motifs is 1. The Morgan fingerprint density at radius 2 is 1.76 bits per heavy atom. The average Bonchev–Trinajstić information content (AvgIpc) is 3.16. The molecule has 0 unspecified atom stereocenters. The van der Waals surface area contributed by atoms with Gasteiger partial charge in [0.05, 0.1) is 6.20 Å². The monoisotopic (exact) mass is 393 g/mol. The molecule has 0 atom stereocenters. The Labute approximate surface area is 172 Å². The minimum Gasteiger partial charge on any atom is -0.369 e. The van der Waals surface area contributed by atoms with Crippen LogP contribution < -0.4 is 10.2 Å². The minimum absolute atomic E-state index is 0.744. The largest absolute Gasteiger partial charge is 0.369 e. The molecule has 1 aliphatic rings. The van der Waals surface area contributed by atoms with Crippen LogP contribution in [-0.2, 0) is 6.42 Å². The fourth-order valence-corrected chi connectivity index (χ4v) is 4.06. The van der Waals surface area contributed by atoms with Gasteiger partial charge in [-0.3, -0.25) is 4.90 Å². The number of unbranched alkanes of at least 4 members (excludes halogenated alkanes) is 2. The Morgan fingerprint density at radius 3 is 2.52 bits per heavy atom. The molecule has 1 saturated heterocycles. The lowest BCUT2D eigenvalue weighted by Crippen LogP contribution is -2.46. The van der Waals surface area contributed by atoms with Crippen molar-refractivity contribution in [2.75, 3.05) is 50.0 Å². The van der Waals surface area contributed by atoms with Crippen LogP contribution in [0.5, 0.6) is 0 Å². The molecule has 0 amide bonds. The molecule has 1 aromatic carbocycles. The van der Waals surface area contributed by atoms with E-state index in [-0.39, 0.29) is 0 Å². The predicted molar refractivity (Wildman–Crippen MR) is 118 cm³/mol. The summed E-state index contributed by atoms with van der Waals surface area (Å²) in [7, 11) is 1.86. The normalized spacial score (nSPS) is 15.2. The Hall–Kier alpha value is -2.67. The van der Waals surface area contributed by atoms with Gasteiger partial charge in [0.25, 0.3) is 0 Å². The maximum atomic E-state index is 4.59. The van der Waals surface area contributed by atoms with Gasteiger partial charge in [0.2, 0.25) is 5.95 Å². The maximum absolute atomic E-state index is 4.59. The molecule has 1 fully saturated rings. The summed E-state index contributed by atoms with van der Waals surface area (Å²) in [6.45, 7) is 7.69. The molecule has 2 aromatic heterocycles. The quantitative estimate of drug-likeness (QED) is 0.594. The Bertz CT molecular complexity index is 914. The van der Waals surface area contributed by atoms with Gasteiger partial charge in [0.1, 0.15) is 5.82 Å². The zero-order valence-electron chi connectivity index (χ0n) is 17.5. The van der Waals surface area contributed by atoms with E-state index in [1.807, 2.05) is 20.2 Å². The summed E-state index contributed by atoms with van der Waals surface area (Å²) in [5, 5.41) is 7.54. The predicted octanol–water partition coefficient (Wildman–Crippen LogP) is 3.01. The summed E-state index contributed by atoms with van der Waals surface area (Å²) >= 11 is 0. The van der Waals surface area contributed by atoms with E-state index in [0.717, 1.165) is 50.0 Å². The highest BCUT2D eigenvalue weighted by Crippen LogP contribution is 2.17. The van der Waals surface area contributed by atoms with E-state index in [1.54, 1.807) is 4.52 Å². The third kappa shape index (κ3) is 4.67. The van der Waals surface area contributed by atoms with E-state index in [2.05, 4.69) is 60.5 Å². The third-order valence-electron chi connectivity index (χ3n) is 5.69. The highest BCUT2D eigenvalue weighted by atomic mass is 15.3. The zero-order chi connectivity index (χ0) is 20.1. The first-order chi connectivity index (χ1) is 14.2. The van der Waals surface area contributed by atoms with Gasteiger partial charge in [-0.2, -0.15) is 14.6 Å². The van der Waals surface area contributed by atoms with Crippen LogP contribution in [0.2, 0.25) is 0 Å². The van der Waals surface area contributed by atoms with E-state index < -0.39 is 0 Å². The Kier molecular flexibility index (Phi) is 6.24. The number of anilines is 2. The molecule has 0 aliphatic carbocycles. The standard InChI is InChI=1S/C22H31N7/c1-18-25-21-19(17-24-29(21)22(23-2)26-18)9-5-4-8-12-27-13-15-28(16-14-27)20-10-6-3-7-11-20/h3,6-7,10-11,17H,4-5,8-9,12-16H2,1-2H3,(H,23,25,26). The van der Waals surface area contributed by atoms with Crippen LogP contribution in [-0.4, -0.2) is 64.3 Å². The van der Waals surface area contributed by atoms with Gasteiger partial charge in [-0.05, 0) is 44.9 Å². The molecule has 0 radical (unpaired) electrons. The molecule has 0 bridgehead atoms. The lowest BCUT2D eigenvalue weighted by Gasteiger charge is -2.36. The first-order valence-corrected chi connectivity index (χ1v) is 10.7. The van der Waals surface area contributed by atoms with Gasteiger partial charge in [-0.1, -0.05) is 24.6 Å². The SMILES string of the molecule is CNc1nc(C)nc2c(CCCCCN3CCN(c4ccccc4)CC3)cnn12. The van der Waals surface area contributed by atoms with Gasteiger partial charge in [0, 0.05) is 44.5 Å². The number of rotatable bonds is 8. The number of piperazine rings is 1. The van der Waals surface area contributed by atoms with Crippen LogP contribution in [0.3, 0.4) is 0 Å². The highest BCUT2D eigenvalue weighted by Gasteiger charge is 2.16. The fourth-order valence-electron chi connectivity index (χ4n) is 4.06. The van der Waals surface area contributed by atoms with Crippen molar-refractivity contribution < 1.29 is 0 Å². The molecule has 7 nitrogen and oxygen atoms in total. The van der Waals surface area contributed by atoms with Crippen LogP contribution in [0.15, 0.2) is 36.5 Å². The number of aryl methyl sites for hydroxylation is 2. The number of nitrogens with one attached hydrogen (secondary N) is 1. The van der Waals surface area contributed by atoms with Crippen molar-refractivity contribution in [3.63, 3.8) is 0 Å². The number of nitrogens with zero attached hydrogens (tertiary/aromatic N) is 6. The van der Waals surface area contributed by atoms with Crippen molar-refractivity contribution in [3.8, 4) is 0 Å². The molecule has 29 heavy (non-hydrogen) atoms. The number of benzene rings is 1. The van der Waals surface area contributed by atoms with Gasteiger partial charge >= 0.3 is 0 Å². The van der Waals surface area contributed by atoms with Crippen molar-refractivity contribution in [1.82, 2.24) is 24.5 Å². The molecule has 1 N–H and O–H groups in total. The van der Waals surface area contributed by atoms with Crippen molar-refractivity contribution in [1.29, 1.82) is 0 Å². The van der Waals surface area contributed by atoms with Gasteiger partial charge in [-0.15, -0.1) is 0 Å². The summed E-state index contributed by atoms with van der Waals surface area (Å²) in [5.74, 6) is 1.52. The minimum atomic E-state index is 0.744. The summed E-state index contributed by atoms with van der Waals surface area (Å²) < 4.78 is 1.80. The number of hydrogen-bond acceptors (Lipinski definition) is 6. The van der Waals surface area contributed by atoms with Crippen LogP contribution in [0, 0.1) is 6.92 Å². The molecular weight excluding hydrogens is 362 g/mol. The van der Waals surface area contributed by atoms with E-state index in [4.69, 9.17) is 0 Å². The van der Waals surface area contributed by atoms with Crippen LogP contribution in [0.1, 0.15) is 30.7 Å². The zero-order valence-corrected chi connectivity index (χ0v) is 17.5. The number of aromatic nitrogens is 4. The fraction of sp³-hybridized carbons (Fsp3) is 0.500. The van der Waals surface area contributed by atoms with Crippen molar-refractivity contribution in [3.05, 3.63) is 47.9 Å². The third-order valence-corrected chi connectivity index (χ3v) is 5.69. The molecule has 3 aromatic rings. The van der Waals surface area contributed by atoms with Gasteiger partial charge in [0.15, 0.2) is 5.65 Å². The Morgan fingerprint density at radius 1 is 0.966 bits per heavy atom. The maximum Gasteiger partial charge on any atom is 0.227 e. The molecule has 154 valence electrons. The van der Waals surface area contributed by atoms with E-state index in [9.17, 15) is 0 Å². The summed E-state index contributed by atoms with van der Waals surface area (Å²) in [4.78, 5) is 14.1. The second-order valence-corrected chi connectivity index (χ2v) is 7.72. The first kappa shape index (κ1) is 19.6. The second-order valence-electron chi connectivity index (χ2n) is 7.72. The molecule has 7 heteroatoms. The summed E-state index contributed by atoms with van der Waals surface area (Å²) in [5.41, 5.74) is 3.49. The number of hydrogen-bond donors (Lipinski definition) is 1. The van der Waals surface area contributed by atoms with Crippen molar-refractivity contribution in [2.24, 2.45) is 0 Å². The first-order valence-electron chi connectivity index (χ1n) is 10.7. The lowest BCUT2D eigenvalue weighted by molar-refractivity contribution is 0.252. The molecule has 0 saturated carbocycles. The number of para-hydroxylation sites is 1. The van der Waals surface area contributed by atoms with Crippen LogP contribution in [0.25, 0.3) is 5.65 Å². The van der Waals surface area contributed by atoms with E-state index in [0.29, 0.717) is 0 Å². The molecular formula is C22H31N7. The van der Waals surface area contributed by atoms with E-state index in [1.165, 1.54) is 37.1 Å².